The van der Waals surface area contributed by atoms with E-state index in [0.29, 0.717) is 12.5 Å². The SMILES string of the molecule is CCCC(O)CNc1nc2c(C)cccn2n1. The van der Waals surface area contributed by atoms with E-state index in [0.717, 1.165) is 24.1 Å². The lowest BCUT2D eigenvalue weighted by molar-refractivity contribution is 0.176. The quantitative estimate of drug-likeness (QED) is 0.825. The van der Waals surface area contributed by atoms with Crippen LogP contribution in [0, 0.1) is 6.92 Å². The summed E-state index contributed by atoms with van der Waals surface area (Å²) in [5.41, 5.74) is 1.93. The summed E-state index contributed by atoms with van der Waals surface area (Å²) in [5, 5.41) is 17.0. The van der Waals surface area contributed by atoms with E-state index < -0.39 is 0 Å². The molecule has 5 nitrogen and oxygen atoms in total. The summed E-state index contributed by atoms with van der Waals surface area (Å²) >= 11 is 0. The molecule has 0 fully saturated rings. The van der Waals surface area contributed by atoms with Crippen LogP contribution in [-0.4, -0.2) is 32.4 Å². The zero-order valence-electron chi connectivity index (χ0n) is 10.2. The van der Waals surface area contributed by atoms with Crippen LogP contribution >= 0.6 is 0 Å². The first-order chi connectivity index (χ1) is 8.20. The van der Waals surface area contributed by atoms with Gasteiger partial charge in [-0.25, -0.2) is 4.52 Å². The predicted molar refractivity (Wildman–Crippen MR) is 67.1 cm³/mol. The molecule has 0 saturated heterocycles. The molecular formula is C12H18N4O. The number of hydrogen-bond acceptors (Lipinski definition) is 4. The van der Waals surface area contributed by atoms with Gasteiger partial charge < -0.3 is 10.4 Å². The summed E-state index contributed by atoms with van der Waals surface area (Å²) in [6, 6.07) is 3.94. The smallest absolute Gasteiger partial charge is 0.243 e. The molecule has 2 heterocycles. The van der Waals surface area contributed by atoms with Gasteiger partial charge in [-0.05, 0) is 25.0 Å². The van der Waals surface area contributed by atoms with E-state index in [9.17, 15) is 5.11 Å². The summed E-state index contributed by atoms with van der Waals surface area (Å²) in [4.78, 5) is 4.37. The maximum atomic E-state index is 9.62. The average molecular weight is 234 g/mol. The van der Waals surface area contributed by atoms with Gasteiger partial charge in [-0.1, -0.05) is 19.4 Å². The van der Waals surface area contributed by atoms with E-state index >= 15 is 0 Å². The Morgan fingerprint density at radius 3 is 3.06 bits per heavy atom. The van der Waals surface area contributed by atoms with Crippen molar-refractivity contribution in [3.05, 3.63) is 23.9 Å². The monoisotopic (exact) mass is 234 g/mol. The molecule has 17 heavy (non-hydrogen) atoms. The van der Waals surface area contributed by atoms with Gasteiger partial charge in [0.1, 0.15) is 0 Å². The van der Waals surface area contributed by atoms with E-state index in [2.05, 4.69) is 22.3 Å². The van der Waals surface area contributed by atoms with Gasteiger partial charge in [0.2, 0.25) is 5.95 Å². The van der Waals surface area contributed by atoms with Gasteiger partial charge in [0.25, 0.3) is 0 Å². The first-order valence-corrected chi connectivity index (χ1v) is 5.94. The Kier molecular flexibility index (Phi) is 3.58. The van der Waals surface area contributed by atoms with Crippen LogP contribution in [-0.2, 0) is 0 Å². The molecule has 2 rings (SSSR count). The molecule has 1 unspecified atom stereocenters. The van der Waals surface area contributed by atoms with E-state index in [1.807, 2.05) is 25.3 Å². The van der Waals surface area contributed by atoms with Crippen LogP contribution < -0.4 is 5.32 Å². The Morgan fingerprint density at radius 2 is 2.35 bits per heavy atom. The van der Waals surface area contributed by atoms with Crippen LogP contribution in [0.3, 0.4) is 0 Å². The van der Waals surface area contributed by atoms with Gasteiger partial charge in [0, 0.05) is 12.7 Å². The standard InChI is InChI=1S/C12H18N4O/c1-3-5-10(17)8-13-12-14-11-9(2)6-4-7-16(11)15-12/h4,6-7,10,17H,3,5,8H2,1-2H3,(H,13,15). The Bertz CT molecular complexity index is 494. The normalized spacial score (nSPS) is 12.9. The third-order valence-electron chi connectivity index (χ3n) is 2.68. The van der Waals surface area contributed by atoms with Crippen LogP contribution in [0.2, 0.25) is 0 Å². The number of nitrogens with zero attached hydrogens (tertiary/aromatic N) is 3. The van der Waals surface area contributed by atoms with Gasteiger partial charge in [-0.2, -0.15) is 4.98 Å². The summed E-state index contributed by atoms with van der Waals surface area (Å²) < 4.78 is 1.74. The van der Waals surface area contributed by atoms with Crippen molar-refractivity contribution in [1.82, 2.24) is 14.6 Å². The fourth-order valence-corrected chi connectivity index (χ4v) is 1.76. The third kappa shape index (κ3) is 2.74. The minimum Gasteiger partial charge on any atom is -0.391 e. The van der Waals surface area contributed by atoms with Crippen LogP contribution in [0.4, 0.5) is 5.95 Å². The summed E-state index contributed by atoms with van der Waals surface area (Å²) in [5.74, 6) is 0.564. The number of fused-ring (bicyclic) bond motifs is 1. The van der Waals surface area contributed by atoms with E-state index in [4.69, 9.17) is 0 Å². The van der Waals surface area contributed by atoms with E-state index in [-0.39, 0.29) is 6.10 Å². The van der Waals surface area contributed by atoms with Crippen LogP contribution in [0.1, 0.15) is 25.3 Å². The lowest BCUT2D eigenvalue weighted by Gasteiger charge is -2.08. The molecule has 1 atom stereocenters. The lowest BCUT2D eigenvalue weighted by atomic mass is 10.2. The molecular weight excluding hydrogens is 216 g/mol. The predicted octanol–water partition coefficient (Wildman–Crippen LogP) is 1.61. The largest absolute Gasteiger partial charge is 0.391 e. The molecule has 0 aromatic carbocycles. The van der Waals surface area contributed by atoms with Gasteiger partial charge >= 0.3 is 0 Å². The second-order valence-corrected chi connectivity index (χ2v) is 4.22. The van der Waals surface area contributed by atoms with Crippen molar-refractivity contribution < 1.29 is 5.11 Å². The minimum absolute atomic E-state index is 0.340. The molecule has 0 radical (unpaired) electrons. The maximum absolute atomic E-state index is 9.62. The van der Waals surface area contributed by atoms with Crippen LogP contribution in [0.25, 0.3) is 5.65 Å². The lowest BCUT2D eigenvalue weighted by Crippen LogP contribution is -2.19. The molecule has 2 aromatic rings. The molecule has 0 bridgehead atoms. The minimum atomic E-state index is -0.340. The number of hydrogen-bond donors (Lipinski definition) is 2. The molecule has 2 N–H and O–H groups in total. The van der Waals surface area contributed by atoms with Gasteiger partial charge in [0.05, 0.1) is 6.10 Å². The summed E-state index contributed by atoms with van der Waals surface area (Å²) in [6.07, 6.45) is 3.29. The second kappa shape index (κ2) is 5.14. The Morgan fingerprint density at radius 1 is 1.53 bits per heavy atom. The second-order valence-electron chi connectivity index (χ2n) is 4.22. The molecule has 0 aliphatic heterocycles. The number of nitrogens with one attached hydrogen (secondary N) is 1. The van der Waals surface area contributed by atoms with E-state index in [1.165, 1.54) is 0 Å². The molecule has 0 saturated carbocycles. The number of aliphatic hydroxyl groups is 1. The molecule has 0 aliphatic rings. The zero-order valence-corrected chi connectivity index (χ0v) is 10.2. The number of pyridine rings is 1. The number of aryl methyl sites for hydroxylation is 1. The zero-order chi connectivity index (χ0) is 12.3. The van der Waals surface area contributed by atoms with Crippen molar-refractivity contribution >= 4 is 11.6 Å². The Labute approximate surface area is 100 Å². The van der Waals surface area contributed by atoms with Crippen molar-refractivity contribution in [1.29, 1.82) is 0 Å². The highest BCUT2D eigenvalue weighted by Gasteiger charge is 2.07. The van der Waals surface area contributed by atoms with Crippen LogP contribution in [0.5, 0.6) is 0 Å². The number of aromatic nitrogens is 3. The molecule has 92 valence electrons. The summed E-state index contributed by atoms with van der Waals surface area (Å²) in [7, 11) is 0. The molecule has 0 spiro atoms. The fourth-order valence-electron chi connectivity index (χ4n) is 1.76. The number of aliphatic hydroxyl groups excluding tert-OH is 1. The van der Waals surface area contributed by atoms with Crippen LogP contribution in [0.15, 0.2) is 18.3 Å². The number of rotatable bonds is 5. The molecule has 5 heteroatoms. The molecule has 2 aromatic heterocycles. The molecule has 0 aliphatic carbocycles. The maximum Gasteiger partial charge on any atom is 0.243 e. The topological polar surface area (TPSA) is 62.5 Å². The fraction of sp³-hybridized carbons (Fsp3) is 0.500. The summed E-state index contributed by atoms with van der Waals surface area (Å²) in [6.45, 7) is 4.54. The number of anilines is 1. The van der Waals surface area contributed by atoms with Gasteiger partial charge in [-0.3, -0.25) is 0 Å². The first kappa shape index (κ1) is 11.9. The van der Waals surface area contributed by atoms with Crippen molar-refractivity contribution in [3.63, 3.8) is 0 Å². The third-order valence-corrected chi connectivity index (χ3v) is 2.68. The van der Waals surface area contributed by atoms with Gasteiger partial charge in [-0.15, -0.1) is 5.10 Å². The first-order valence-electron chi connectivity index (χ1n) is 5.94. The highest BCUT2D eigenvalue weighted by atomic mass is 16.3. The van der Waals surface area contributed by atoms with Crippen molar-refractivity contribution in [3.8, 4) is 0 Å². The Balaban J connectivity index is 2.07. The molecule has 0 amide bonds. The van der Waals surface area contributed by atoms with Gasteiger partial charge in [0.15, 0.2) is 5.65 Å². The highest BCUT2D eigenvalue weighted by Crippen LogP contribution is 2.09. The van der Waals surface area contributed by atoms with Crippen molar-refractivity contribution in [2.45, 2.75) is 32.8 Å². The highest BCUT2D eigenvalue weighted by molar-refractivity contribution is 5.49. The van der Waals surface area contributed by atoms with Crippen molar-refractivity contribution in [2.75, 3.05) is 11.9 Å². The Hall–Kier alpha value is -1.62. The average Bonchev–Trinajstić information content (AvgIpc) is 2.71. The van der Waals surface area contributed by atoms with E-state index in [1.54, 1.807) is 4.52 Å². The van der Waals surface area contributed by atoms with Crippen molar-refractivity contribution in [2.24, 2.45) is 0 Å².